The van der Waals surface area contributed by atoms with Gasteiger partial charge in [0, 0.05) is 18.5 Å². The Hall–Kier alpha value is -2.18. The van der Waals surface area contributed by atoms with E-state index in [0.717, 1.165) is 17.3 Å². The zero-order valence-electron chi connectivity index (χ0n) is 11.7. The third-order valence-electron chi connectivity index (χ3n) is 2.95. The second kappa shape index (κ2) is 6.31. The fraction of sp³-hybridized carbons (Fsp3) is 0.286. The molecule has 106 valence electrons. The van der Waals surface area contributed by atoms with E-state index < -0.39 is 0 Å². The van der Waals surface area contributed by atoms with Crippen molar-refractivity contribution in [1.82, 2.24) is 15.2 Å². The van der Waals surface area contributed by atoms with Crippen LogP contribution in [0.1, 0.15) is 10.5 Å². The molecule has 0 aliphatic rings. The first-order chi connectivity index (χ1) is 9.61. The molecular formula is C14H19N5O. The molecule has 1 aromatic carbocycles. The summed E-state index contributed by atoms with van der Waals surface area (Å²) < 4.78 is 0. The topological polar surface area (TPSA) is 83.3 Å². The number of hydrazine groups is 1. The van der Waals surface area contributed by atoms with Gasteiger partial charge in [0.25, 0.3) is 5.91 Å². The number of anilines is 1. The molecule has 0 aliphatic carbocycles. The molecule has 20 heavy (non-hydrogen) atoms. The number of carbonyl (C=O) groups is 1. The lowest BCUT2D eigenvalue weighted by molar-refractivity contribution is 0.0946. The normalized spacial score (nSPS) is 10.8. The second-order valence-corrected chi connectivity index (χ2v) is 4.78. The first kappa shape index (κ1) is 14.2. The van der Waals surface area contributed by atoms with Gasteiger partial charge in [-0.15, -0.1) is 0 Å². The highest BCUT2D eigenvalue weighted by Gasteiger charge is 2.11. The first-order valence-electron chi connectivity index (χ1n) is 6.41. The number of pyridine rings is 1. The molecule has 0 fully saturated rings. The lowest BCUT2D eigenvalue weighted by Gasteiger charge is -2.11. The van der Waals surface area contributed by atoms with Gasteiger partial charge in [0.05, 0.1) is 0 Å². The van der Waals surface area contributed by atoms with Crippen molar-refractivity contribution in [2.75, 3.05) is 32.6 Å². The zero-order chi connectivity index (χ0) is 14.5. The Kier molecular flexibility index (Phi) is 4.49. The minimum atomic E-state index is -0.200. The van der Waals surface area contributed by atoms with E-state index in [1.807, 2.05) is 43.3 Å². The highest BCUT2D eigenvalue weighted by Crippen LogP contribution is 2.21. The van der Waals surface area contributed by atoms with E-state index in [0.29, 0.717) is 18.1 Å². The van der Waals surface area contributed by atoms with E-state index in [4.69, 9.17) is 5.84 Å². The van der Waals surface area contributed by atoms with Crippen LogP contribution in [0.25, 0.3) is 10.8 Å². The van der Waals surface area contributed by atoms with Crippen molar-refractivity contribution >= 4 is 22.5 Å². The molecule has 1 amide bonds. The van der Waals surface area contributed by atoms with Crippen molar-refractivity contribution < 1.29 is 4.79 Å². The summed E-state index contributed by atoms with van der Waals surface area (Å²) in [6, 6.07) is 9.42. The van der Waals surface area contributed by atoms with Crippen LogP contribution in [0, 0.1) is 0 Å². The van der Waals surface area contributed by atoms with Crippen molar-refractivity contribution in [3.8, 4) is 0 Å². The quantitative estimate of drug-likeness (QED) is 0.555. The number of amides is 1. The molecule has 6 nitrogen and oxygen atoms in total. The van der Waals surface area contributed by atoms with Crippen LogP contribution in [-0.4, -0.2) is 43.0 Å². The average Bonchev–Trinajstić information content (AvgIpc) is 2.45. The van der Waals surface area contributed by atoms with Gasteiger partial charge in [-0.25, -0.2) is 10.8 Å². The Balaban J connectivity index is 2.23. The molecular weight excluding hydrogens is 254 g/mol. The van der Waals surface area contributed by atoms with Gasteiger partial charge in [-0.3, -0.25) is 4.79 Å². The summed E-state index contributed by atoms with van der Waals surface area (Å²) in [5, 5.41) is 4.65. The highest BCUT2D eigenvalue weighted by atomic mass is 16.1. The monoisotopic (exact) mass is 273 g/mol. The van der Waals surface area contributed by atoms with Gasteiger partial charge < -0.3 is 15.6 Å². The molecule has 0 saturated carbocycles. The molecule has 2 aromatic rings. The van der Waals surface area contributed by atoms with E-state index in [9.17, 15) is 4.79 Å². The molecule has 4 N–H and O–H groups in total. The van der Waals surface area contributed by atoms with Gasteiger partial charge in [0.1, 0.15) is 11.5 Å². The van der Waals surface area contributed by atoms with Crippen molar-refractivity contribution in [3.63, 3.8) is 0 Å². The maximum atomic E-state index is 12.1. The van der Waals surface area contributed by atoms with Crippen molar-refractivity contribution in [1.29, 1.82) is 0 Å². The number of nitrogens with zero attached hydrogens (tertiary/aromatic N) is 2. The number of benzene rings is 1. The summed E-state index contributed by atoms with van der Waals surface area (Å²) in [4.78, 5) is 18.3. The molecule has 0 aliphatic heterocycles. The SMILES string of the molecule is CN(C)CCNC(=O)c1cc2ccccc2c(NN)n1. The van der Waals surface area contributed by atoms with Gasteiger partial charge >= 0.3 is 0 Å². The molecule has 6 heteroatoms. The van der Waals surface area contributed by atoms with Crippen molar-refractivity contribution in [3.05, 3.63) is 36.0 Å². The molecule has 0 atom stereocenters. The lowest BCUT2D eigenvalue weighted by atomic mass is 10.1. The number of aromatic nitrogens is 1. The molecule has 1 heterocycles. The zero-order valence-corrected chi connectivity index (χ0v) is 11.7. The Morgan fingerprint density at radius 2 is 2.10 bits per heavy atom. The minimum absolute atomic E-state index is 0.200. The van der Waals surface area contributed by atoms with Gasteiger partial charge in [-0.05, 0) is 25.5 Å². The van der Waals surface area contributed by atoms with Gasteiger partial charge in [0.2, 0.25) is 0 Å². The fourth-order valence-corrected chi connectivity index (χ4v) is 1.91. The smallest absolute Gasteiger partial charge is 0.270 e. The molecule has 0 unspecified atom stereocenters. The highest BCUT2D eigenvalue weighted by molar-refractivity contribution is 6.00. The summed E-state index contributed by atoms with van der Waals surface area (Å²) in [6.45, 7) is 1.35. The molecule has 0 saturated heterocycles. The molecule has 1 aromatic heterocycles. The first-order valence-corrected chi connectivity index (χ1v) is 6.41. The van der Waals surface area contributed by atoms with E-state index in [-0.39, 0.29) is 5.91 Å². The second-order valence-electron chi connectivity index (χ2n) is 4.78. The number of nitrogens with two attached hydrogens (primary N) is 1. The van der Waals surface area contributed by atoms with Crippen LogP contribution in [0.2, 0.25) is 0 Å². The Labute approximate surface area is 117 Å². The number of nitrogen functional groups attached to an aromatic ring is 1. The summed E-state index contributed by atoms with van der Waals surface area (Å²) in [7, 11) is 3.91. The number of hydrogen-bond donors (Lipinski definition) is 3. The van der Waals surface area contributed by atoms with Crippen LogP contribution < -0.4 is 16.6 Å². The summed E-state index contributed by atoms with van der Waals surface area (Å²) in [5.74, 6) is 5.77. The number of nitrogens with one attached hydrogen (secondary N) is 2. The number of rotatable bonds is 5. The Bertz CT molecular complexity index is 612. The predicted octanol–water partition coefficient (Wildman–Crippen LogP) is 0.812. The van der Waals surface area contributed by atoms with Crippen molar-refractivity contribution in [2.45, 2.75) is 0 Å². The Morgan fingerprint density at radius 3 is 2.80 bits per heavy atom. The van der Waals surface area contributed by atoms with E-state index >= 15 is 0 Å². The Morgan fingerprint density at radius 1 is 1.35 bits per heavy atom. The van der Waals surface area contributed by atoms with Crippen LogP contribution in [0.15, 0.2) is 30.3 Å². The summed E-state index contributed by atoms with van der Waals surface area (Å²) in [5.41, 5.74) is 2.90. The number of hydrogen-bond acceptors (Lipinski definition) is 5. The lowest BCUT2D eigenvalue weighted by Crippen LogP contribution is -2.32. The van der Waals surface area contributed by atoms with Gasteiger partial charge in [0.15, 0.2) is 0 Å². The summed E-state index contributed by atoms with van der Waals surface area (Å²) >= 11 is 0. The van der Waals surface area contributed by atoms with Crippen LogP contribution in [0.3, 0.4) is 0 Å². The maximum absolute atomic E-state index is 12.1. The number of likely N-dealkylation sites (N-methyl/N-ethyl adjacent to an activating group) is 1. The minimum Gasteiger partial charge on any atom is -0.349 e. The number of fused-ring (bicyclic) bond motifs is 1. The van der Waals surface area contributed by atoms with E-state index in [1.165, 1.54) is 0 Å². The van der Waals surface area contributed by atoms with Crippen LogP contribution >= 0.6 is 0 Å². The third kappa shape index (κ3) is 3.23. The molecule has 0 radical (unpaired) electrons. The van der Waals surface area contributed by atoms with E-state index in [2.05, 4.69) is 15.7 Å². The van der Waals surface area contributed by atoms with E-state index in [1.54, 1.807) is 6.07 Å². The number of carbonyl (C=O) groups excluding carboxylic acids is 1. The molecule has 2 rings (SSSR count). The maximum Gasteiger partial charge on any atom is 0.270 e. The van der Waals surface area contributed by atoms with Crippen LogP contribution in [0.4, 0.5) is 5.82 Å². The standard InChI is InChI=1S/C14H19N5O/c1-19(2)8-7-16-14(20)12-9-10-5-3-4-6-11(10)13(17-12)18-15/h3-6,9H,7-8,15H2,1-2H3,(H,16,20)(H,17,18). The average molecular weight is 273 g/mol. The summed E-state index contributed by atoms with van der Waals surface area (Å²) in [6.07, 6.45) is 0. The van der Waals surface area contributed by atoms with Crippen LogP contribution in [-0.2, 0) is 0 Å². The van der Waals surface area contributed by atoms with Crippen LogP contribution in [0.5, 0.6) is 0 Å². The third-order valence-corrected chi connectivity index (χ3v) is 2.95. The van der Waals surface area contributed by atoms with Crippen molar-refractivity contribution in [2.24, 2.45) is 5.84 Å². The van der Waals surface area contributed by atoms with Gasteiger partial charge in [-0.1, -0.05) is 24.3 Å². The van der Waals surface area contributed by atoms with Gasteiger partial charge in [-0.2, -0.15) is 0 Å². The fourth-order valence-electron chi connectivity index (χ4n) is 1.91. The predicted molar refractivity (Wildman–Crippen MR) is 80.4 cm³/mol. The molecule has 0 bridgehead atoms. The largest absolute Gasteiger partial charge is 0.349 e. The molecule has 0 spiro atoms.